The fourth-order valence-corrected chi connectivity index (χ4v) is 4.48. The standard InChI is InChI=1S/C18H20N2O4S/c1-12-14(18(21)22)6-4-10-19(12)11-13-8-9-17(25-13)15-5-2-3-7-16(15)20(23)24/h2-3,5,7-9,12,14H,4,6,10-11H2,1H3,(H,21,22)/t12-,14-/m1/s1. The minimum absolute atomic E-state index is 0.0112. The van der Waals surface area contributed by atoms with Gasteiger partial charge in [-0.1, -0.05) is 12.1 Å². The molecule has 1 saturated heterocycles. The topological polar surface area (TPSA) is 83.7 Å². The van der Waals surface area contributed by atoms with Gasteiger partial charge in [-0.25, -0.2) is 0 Å². The molecule has 1 N–H and O–H groups in total. The summed E-state index contributed by atoms with van der Waals surface area (Å²) < 4.78 is 0. The van der Waals surface area contributed by atoms with Gasteiger partial charge in [0.2, 0.25) is 0 Å². The lowest BCUT2D eigenvalue weighted by molar-refractivity contribution is -0.384. The first-order valence-electron chi connectivity index (χ1n) is 8.26. The zero-order chi connectivity index (χ0) is 18.0. The highest BCUT2D eigenvalue weighted by molar-refractivity contribution is 7.15. The molecular weight excluding hydrogens is 340 g/mol. The maximum Gasteiger partial charge on any atom is 0.308 e. The second kappa shape index (κ2) is 7.33. The zero-order valence-corrected chi connectivity index (χ0v) is 14.7. The summed E-state index contributed by atoms with van der Waals surface area (Å²) in [7, 11) is 0. The molecule has 25 heavy (non-hydrogen) atoms. The van der Waals surface area contributed by atoms with Crippen LogP contribution in [-0.2, 0) is 11.3 Å². The van der Waals surface area contributed by atoms with E-state index >= 15 is 0 Å². The number of aliphatic carboxylic acids is 1. The largest absolute Gasteiger partial charge is 0.481 e. The van der Waals surface area contributed by atoms with Gasteiger partial charge in [-0.3, -0.25) is 19.8 Å². The van der Waals surface area contributed by atoms with Crippen molar-refractivity contribution in [2.24, 2.45) is 5.92 Å². The summed E-state index contributed by atoms with van der Waals surface area (Å²) in [6, 6.07) is 10.6. The van der Waals surface area contributed by atoms with Crippen LogP contribution < -0.4 is 0 Å². The number of hydrogen-bond donors (Lipinski definition) is 1. The van der Waals surface area contributed by atoms with Gasteiger partial charge in [0.15, 0.2) is 0 Å². The van der Waals surface area contributed by atoms with Gasteiger partial charge in [0.1, 0.15) is 0 Å². The minimum atomic E-state index is -0.732. The lowest BCUT2D eigenvalue weighted by Crippen LogP contribution is -2.45. The maximum atomic E-state index is 11.4. The quantitative estimate of drug-likeness (QED) is 0.643. The van der Waals surface area contributed by atoms with Crippen LogP contribution in [0.25, 0.3) is 10.4 Å². The molecule has 1 aromatic carbocycles. The van der Waals surface area contributed by atoms with Crippen LogP contribution in [0, 0.1) is 16.0 Å². The fraction of sp³-hybridized carbons (Fsp3) is 0.389. The lowest BCUT2D eigenvalue weighted by atomic mass is 9.90. The first kappa shape index (κ1) is 17.6. The number of rotatable bonds is 5. The summed E-state index contributed by atoms with van der Waals surface area (Å²) in [6.07, 6.45) is 1.60. The third-order valence-electron chi connectivity index (χ3n) is 4.82. The molecule has 7 heteroatoms. The number of carboxylic acids is 1. The van der Waals surface area contributed by atoms with E-state index in [2.05, 4.69) is 4.90 Å². The third kappa shape index (κ3) is 3.72. The predicted molar refractivity (Wildman–Crippen MR) is 96.6 cm³/mol. The van der Waals surface area contributed by atoms with Gasteiger partial charge in [0, 0.05) is 28.4 Å². The Kier molecular flexibility index (Phi) is 5.15. The van der Waals surface area contributed by atoms with Crippen LogP contribution in [0.5, 0.6) is 0 Å². The van der Waals surface area contributed by atoms with Gasteiger partial charge >= 0.3 is 5.97 Å². The number of para-hydroxylation sites is 1. The Labute approximate surface area is 149 Å². The number of likely N-dealkylation sites (tertiary alicyclic amines) is 1. The van der Waals surface area contributed by atoms with Gasteiger partial charge < -0.3 is 5.11 Å². The molecule has 1 aromatic heterocycles. The Morgan fingerprint density at radius 3 is 2.84 bits per heavy atom. The number of thiophene rings is 1. The van der Waals surface area contributed by atoms with E-state index in [0.29, 0.717) is 12.1 Å². The monoisotopic (exact) mass is 360 g/mol. The van der Waals surface area contributed by atoms with Crippen molar-refractivity contribution in [1.29, 1.82) is 0 Å². The second-order valence-corrected chi connectivity index (χ2v) is 7.51. The highest BCUT2D eigenvalue weighted by Gasteiger charge is 2.32. The number of nitro benzene ring substituents is 1. The molecule has 0 amide bonds. The van der Waals surface area contributed by atoms with Crippen molar-refractivity contribution in [2.45, 2.75) is 32.4 Å². The molecule has 0 saturated carbocycles. The average Bonchev–Trinajstić information content (AvgIpc) is 3.05. The SMILES string of the molecule is C[C@@H]1[C@H](C(=O)O)CCCN1Cc1ccc(-c2ccccc2[N+](=O)[O-])s1. The van der Waals surface area contributed by atoms with E-state index in [-0.39, 0.29) is 22.6 Å². The van der Waals surface area contributed by atoms with Crippen molar-refractivity contribution in [1.82, 2.24) is 4.90 Å². The molecule has 6 nitrogen and oxygen atoms in total. The molecule has 1 aliphatic rings. The van der Waals surface area contributed by atoms with E-state index in [9.17, 15) is 20.0 Å². The molecule has 2 atom stereocenters. The number of nitro groups is 1. The normalized spacial score (nSPS) is 21.2. The van der Waals surface area contributed by atoms with Crippen molar-refractivity contribution < 1.29 is 14.8 Å². The van der Waals surface area contributed by atoms with Crippen LogP contribution in [-0.4, -0.2) is 33.5 Å². The Morgan fingerprint density at radius 1 is 1.36 bits per heavy atom. The second-order valence-electron chi connectivity index (χ2n) is 6.34. The Balaban J connectivity index is 1.79. The molecule has 2 aromatic rings. The molecule has 0 spiro atoms. The maximum absolute atomic E-state index is 11.4. The first-order chi connectivity index (χ1) is 12.0. The van der Waals surface area contributed by atoms with Gasteiger partial charge in [-0.2, -0.15) is 0 Å². The number of carboxylic acid groups (broad SMARTS) is 1. The molecule has 0 radical (unpaired) electrons. The highest BCUT2D eigenvalue weighted by atomic mass is 32.1. The summed E-state index contributed by atoms with van der Waals surface area (Å²) in [6.45, 7) is 3.52. The van der Waals surface area contributed by atoms with E-state index < -0.39 is 5.97 Å². The Morgan fingerprint density at radius 2 is 2.12 bits per heavy atom. The fourth-order valence-electron chi connectivity index (χ4n) is 3.42. The molecule has 1 aliphatic heterocycles. The van der Waals surface area contributed by atoms with Gasteiger partial charge in [0.05, 0.1) is 16.4 Å². The van der Waals surface area contributed by atoms with E-state index in [1.54, 1.807) is 18.2 Å². The van der Waals surface area contributed by atoms with Crippen molar-refractivity contribution >= 4 is 23.0 Å². The van der Waals surface area contributed by atoms with E-state index in [0.717, 1.165) is 29.1 Å². The molecule has 0 unspecified atom stereocenters. The van der Waals surface area contributed by atoms with Crippen LogP contribution >= 0.6 is 11.3 Å². The number of hydrogen-bond acceptors (Lipinski definition) is 5. The molecule has 1 fully saturated rings. The Bertz CT molecular complexity index is 789. The number of nitrogens with zero attached hydrogens (tertiary/aromatic N) is 2. The number of carbonyl (C=O) groups is 1. The minimum Gasteiger partial charge on any atom is -0.481 e. The summed E-state index contributed by atoms with van der Waals surface area (Å²) >= 11 is 1.53. The van der Waals surface area contributed by atoms with Crippen molar-refractivity contribution in [3.05, 3.63) is 51.4 Å². The van der Waals surface area contributed by atoms with Gasteiger partial charge in [-0.05, 0) is 44.5 Å². The summed E-state index contributed by atoms with van der Waals surface area (Å²) in [5.41, 5.74) is 0.729. The highest BCUT2D eigenvalue weighted by Crippen LogP contribution is 2.35. The van der Waals surface area contributed by atoms with E-state index in [1.807, 2.05) is 19.1 Å². The molecule has 132 valence electrons. The average molecular weight is 360 g/mol. The molecule has 2 heterocycles. The summed E-state index contributed by atoms with van der Waals surface area (Å²) in [5.74, 6) is -1.06. The zero-order valence-electron chi connectivity index (χ0n) is 13.9. The van der Waals surface area contributed by atoms with Crippen LogP contribution in [0.3, 0.4) is 0 Å². The summed E-state index contributed by atoms with van der Waals surface area (Å²) in [5, 5.41) is 20.5. The van der Waals surface area contributed by atoms with Crippen molar-refractivity contribution in [2.75, 3.05) is 6.54 Å². The van der Waals surface area contributed by atoms with E-state index in [1.165, 1.54) is 17.4 Å². The van der Waals surface area contributed by atoms with Crippen molar-refractivity contribution in [3.8, 4) is 10.4 Å². The van der Waals surface area contributed by atoms with Crippen LogP contribution in [0.4, 0.5) is 5.69 Å². The van der Waals surface area contributed by atoms with Crippen LogP contribution in [0.15, 0.2) is 36.4 Å². The molecule has 0 aliphatic carbocycles. The van der Waals surface area contributed by atoms with Gasteiger partial charge in [-0.15, -0.1) is 11.3 Å². The Hall–Kier alpha value is -2.25. The smallest absolute Gasteiger partial charge is 0.308 e. The van der Waals surface area contributed by atoms with E-state index in [4.69, 9.17) is 0 Å². The van der Waals surface area contributed by atoms with Gasteiger partial charge in [0.25, 0.3) is 5.69 Å². The molecular formula is C18H20N2O4S. The number of benzene rings is 1. The third-order valence-corrected chi connectivity index (χ3v) is 5.93. The predicted octanol–water partition coefficient (Wildman–Crippen LogP) is 4.01. The van der Waals surface area contributed by atoms with Crippen LogP contribution in [0.2, 0.25) is 0 Å². The summed E-state index contributed by atoms with van der Waals surface area (Å²) in [4.78, 5) is 26.4. The number of piperidine rings is 1. The molecule has 3 rings (SSSR count). The first-order valence-corrected chi connectivity index (χ1v) is 9.08. The molecule has 0 bridgehead atoms. The van der Waals surface area contributed by atoms with Crippen LogP contribution in [0.1, 0.15) is 24.6 Å². The van der Waals surface area contributed by atoms with Crippen molar-refractivity contribution in [3.63, 3.8) is 0 Å². The lowest BCUT2D eigenvalue weighted by Gasteiger charge is -2.37.